The maximum atomic E-state index is 12.9. The first kappa shape index (κ1) is 67.2. The standard InChI is InChI=1S/C58H103O11P/c1-4-7-10-13-16-19-22-25-27-30-33-36-39-42-45-48-57(61)68-54(50-59)52-66-70(63,64)67-53-55(51-65-56(60)47-44-41-38-35-32-29-24-21-18-15-12-9-6-3)69-58(62)49-46-43-40-37-34-31-28-26-23-20-17-14-11-8-5-2/h8,11,17,20-21,24-28,54-55,59H,4-7,9-10,12-16,18-19,22-23,29-53H2,1-3H3,(H,63,64)/b11-8-,20-17-,24-21-,27-25-,28-26-. The van der Waals surface area contributed by atoms with E-state index in [-0.39, 0.29) is 25.9 Å². The molecule has 11 nitrogen and oxygen atoms in total. The second kappa shape index (κ2) is 52.5. The fourth-order valence-electron chi connectivity index (χ4n) is 7.59. The number of esters is 3. The first-order valence-electron chi connectivity index (χ1n) is 28.2. The van der Waals surface area contributed by atoms with Gasteiger partial charge in [-0.05, 0) is 103 Å². The molecule has 0 aromatic carbocycles. The number of hydrogen-bond acceptors (Lipinski definition) is 10. The second-order valence-corrected chi connectivity index (χ2v) is 20.2. The van der Waals surface area contributed by atoms with Crippen molar-refractivity contribution < 1.29 is 52.2 Å². The van der Waals surface area contributed by atoms with E-state index in [9.17, 15) is 28.9 Å². The Morgan fingerprint density at radius 1 is 0.414 bits per heavy atom. The summed E-state index contributed by atoms with van der Waals surface area (Å²) in [6.45, 7) is 4.48. The molecular formula is C58H103O11P. The van der Waals surface area contributed by atoms with Gasteiger partial charge in [-0.25, -0.2) is 4.57 Å². The van der Waals surface area contributed by atoms with Gasteiger partial charge in [-0.3, -0.25) is 23.4 Å². The number of allylic oxidation sites excluding steroid dienone is 10. The number of hydrogen-bond donors (Lipinski definition) is 2. The zero-order valence-electron chi connectivity index (χ0n) is 44.7. The number of aliphatic hydroxyl groups excluding tert-OH is 1. The second-order valence-electron chi connectivity index (χ2n) is 18.7. The normalized spacial score (nSPS) is 13.8. The highest BCUT2D eigenvalue weighted by Crippen LogP contribution is 2.43. The number of ether oxygens (including phenoxy) is 3. The lowest BCUT2D eigenvalue weighted by molar-refractivity contribution is -0.161. The van der Waals surface area contributed by atoms with E-state index < -0.39 is 57.8 Å². The predicted molar refractivity (Wildman–Crippen MR) is 288 cm³/mol. The van der Waals surface area contributed by atoms with E-state index in [4.69, 9.17) is 23.3 Å². The summed E-state index contributed by atoms with van der Waals surface area (Å²) in [6, 6.07) is 0. The van der Waals surface area contributed by atoms with Gasteiger partial charge < -0.3 is 24.2 Å². The number of phosphoric acid groups is 1. The minimum Gasteiger partial charge on any atom is -0.462 e. The lowest BCUT2D eigenvalue weighted by atomic mass is 10.1. The van der Waals surface area contributed by atoms with Gasteiger partial charge in [0.2, 0.25) is 0 Å². The van der Waals surface area contributed by atoms with E-state index in [1.54, 1.807) is 0 Å². The van der Waals surface area contributed by atoms with Crippen molar-refractivity contribution in [1.29, 1.82) is 0 Å². The van der Waals surface area contributed by atoms with Crippen molar-refractivity contribution in [2.75, 3.05) is 26.4 Å². The van der Waals surface area contributed by atoms with E-state index in [1.807, 2.05) is 0 Å². The van der Waals surface area contributed by atoms with Crippen LogP contribution in [0, 0.1) is 0 Å². The Kier molecular flexibility index (Phi) is 50.4. The molecule has 0 spiro atoms. The summed E-state index contributed by atoms with van der Waals surface area (Å²) in [5.74, 6) is -1.50. The molecule has 3 atom stereocenters. The summed E-state index contributed by atoms with van der Waals surface area (Å²) >= 11 is 0. The van der Waals surface area contributed by atoms with Crippen LogP contribution in [0.15, 0.2) is 60.8 Å². The molecule has 0 aliphatic heterocycles. The van der Waals surface area contributed by atoms with Crippen molar-refractivity contribution in [3.05, 3.63) is 60.8 Å². The van der Waals surface area contributed by atoms with Gasteiger partial charge >= 0.3 is 25.7 Å². The quantitative estimate of drug-likeness (QED) is 0.0197. The van der Waals surface area contributed by atoms with Crippen molar-refractivity contribution in [3.63, 3.8) is 0 Å². The Bertz CT molecular complexity index is 1410. The third-order valence-corrected chi connectivity index (χ3v) is 12.8. The largest absolute Gasteiger partial charge is 0.472 e. The van der Waals surface area contributed by atoms with E-state index in [0.717, 1.165) is 128 Å². The highest BCUT2D eigenvalue weighted by molar-refractivity contribution is 7.47. The van der Waals surface area contributed by atoms with Crippen LogP contribution in [0.2, 0.25) is 0 Å². The molecule has 0 bridgehead atoms. The summed E-state index contributed by atoms with van der Waals surface area (Å²) in [4.78, 5) is 48.4. The van der Waals surface area contributed by atoms with Crippen LogP contribution < -0.4 is 0 Å². The Labute approximate surface area is 427 Å². The van der Waals surface area contributed by atoms with E-state index >= 15 is 0 Å². The summed E-state index contributed by atoms with van der Waals surface area (Å²) in [5, 5.41) is 9.80. The molecule has 0 heterocycles. The van der Waals surface area contributed by atoms with Gasteiger partial charge in [0.15, 0.2) is 6.10 Å². The Hall–Kier alpha value is -2.82. The van der Waals surface area contributed by atoms with Gasteiger partial charge in [-0.1, -0.05) is 191 Å². The molecule has 0 aliphatic carbocycles. The molecule has 0 radical (unpaired) electrons. The first-order valence-corrected chi connectivity index (χ1v) is 29.7. The van der Waals surface area contributed by atoms with Crippen LogP contribution in [0.3, 0.4) is 0 Å². The van der Waals surface area contributed by atoms with Gasteiger partial charge in [0, 0.05) is 19.3 Å². The van der Waals surface area contributed by atoms with Crippen LogP contribution in [0.25, 0.3) is 0 Å². The van der Waals surface area contributed by atoms with Crippen molar-refractivity contribution in [2.24, 2.45) is 0 Å². The smallest absolute Gasteiger partial charge is 0.462 e. The summed E-state index contributed by atoms with van der Waals surface area (Å²) in [6.07, 6.45) is 56.1. The fraction of sp³-hybridized carbons (Fsp3) is 0.776. The third-order valence-electron chi connectivity index (χ3n) is 11.9. The maximum absolute atomic E-state index is 12.9. The molecule has 0 aromatic rings. The molecule has 2 N–H and O–H groups in total. The zero-order chi connectivity index (χ0) is 51.3. The predicted octanol–water partition coefficient (Wildman–Crippen LogP) is 16.4. The van der Waals surface area contributed by atoms with Gasteiger partial charge in [0.25, 0.3) is 0 Å². The van der Waals surface area contributed by atoms with Gasteiger partial charge in [-0.2, -0.15) is 0 Å². The molecule has 70 heavy (non-hydrogen) atoms. The van der Waals surface area contributed by atoms with E-state index in [0.29, 0.717) is 19.3 Å². The van der Waals surface area contributed by atoms with Crippen molar-refractivity contribution in [2.45, 2.75) is 264 Å². The molecule has 0 aliphatic rings. The van der Waals surface area contributed by atoms with Crippen molar-refractivity contribution in [3.8, 4) is 0 Å². The highest BCUT2D eigenvalue weighted by atomic mass is 31.2. The number of carbonyl (C=O) groups excluding carboxylic acids is 3. The van der Waals surface area contributed by atoms with Crippen LogP contribution in [-0.2, 0) is 42.2 Å². The number of carbonyl (C=O) groups is 3. The molecule has 0 saturated carbocycles. The average molecular weight is 1010 g/mol. The van der Waals surface area contributed by atoms with Crippen LogP contribution in [0.1, 0.15) is 252 Å². The molecule has 0 rings (SSSR count). The SMILES string of the molecule is CC/C=C\C/C=C\C/C=C\CCCCCCCC(=O)OC(COC(=O)CCCCCCC/C=C\CCCCCC)COP(=O)(O)OCC(CO)OC(=O)CCCCCCC/C=C\CCCCCCCC. The molecule has 406 valence electrons. The van der Waals surface area contributed by atoms with Crippen molar-refractivity contribution >= 4 is 25.7 Å². The number of rotatable bonds is 52. The minimum atomic E-state index is -4.75. The van der Waals surface area contributed by atoms with Crippen LogP contribution in [-0.4, -0.2) is 66.5 Å². The lowest BCUT2D eigenvalue weighted by Gasteiger charge is -2.21. The Morgan fingerprint density at radius 2 is 0.743 bits per heavy atom. The fourth-order valence-corrected chi connectivity index (χ4v) is 8.38. The van der Waals surface area contributed by atoms with E-state index in [2.05, 4.69) is 81.5 Å². The summed E-state index contributed by atoms with van der Waals surface area (Å²) in [7, 11) is -4.75. The average Bonchev–Trinajstić information content (AvgIpc) is 3.35. The number of unbranched alkanes of at least 4 members (excludes halogenated alkanes) is 25. The highest BCUT2D eigenvalue weighted by Gasteiger charge is 2.28. The van der Waals surface area contributed by atoms with E-state index in [1.165, 1.54) is 64.2 Å². The molecule has 0 amide bonds. The van der Waals surface area contributed by atoms with Crippen molar-refractivity contribution in [1.82, 2.24) is 0 Å². The van der Waals surface area contributed by atoms with Crippen LogP contribution >= 0.6 is 7.82 Å². The molecule has 3 unspecified atom stereocenters. The molecule has 0 fully saturated rings. The van der Waals surface area contributed by atoms with Crippen LogP contribution in [0.5, 0.6) is 0 Å². The minimum absolute atomic E-state index is 0.146. The molecule has 12 heteroatoms. The third kappa shape index (κ3) is 50.1. The Morgan fingerprint density at radius 3 is 1.17 bits per heavy atom. The molecule has 0 aromatic heterocycles. The summed E-state index contributed by atoms with van der Waals surface area (Å²) in [5.41, 5.74) is 0. The number of phosphoric ester groups is 1. The monoisotopic (exact) mass is 1010 g/mol. The Balaban J connectivity index is 4.74. The molecule has 0 saturated heterocycles. The summed E-state index contributed by atoms with van der Waals surface area (Å²) < 4.78 is 39.4. The van der Waals surface area contributed by atoms with Gasteiger partial charge in [-0.15, -0.1) is 0 Å². The lowest BCUT2D eigenvalue weighted by Crippen LogP contribution is -2.30. The van der Waals surface area contributed by atoms with Crippen LogP contribution in [0.4, 0.5) is 0 Å². The van der Waals surface area contributed by atoms with Gasteiger partial charge in [0.1, 0.15) is 12.7 Å². The number of aliphatic hydroxyl groups is 1. The van der Waals surface area contributed by atoms with Gasteiger partial charge in [0.05, 0.1) is 19.8 Å². The molecular weight excluding hydrogens is 904 g/mol. The topological polar surface area (TPSA) is 155 Å². The first-order chi connectivity index (χ1) is 34.2. The zero-order valence-corrected chi connectivity index (χ0v) is 45.6. The maximum Gasteiger partial charge on any atom is 0.472 e.